The van der Waals surface area contributed by atoms with E-state index < -0.39 is 23.1 Å². The quantitative estimate of drug-likeness (QED) is 0.775. The predicted octanol–water partition coefficient (Wildman–Crippen LogP) is 3.49. The van der Waals surface area contributed by atoms with Crippen LogP contribution in [-0.2, 0) is 35.0 Å². The Morgan fingerprint density at radius 1 is 0.704 bits per heavy atom. The number of ether oxygens (including phenoxy) is 3. The summed E-state index contributed by atoms with van der Waals surface area (Å²) in [6.45, 7) is 3.54. The molecule has 0 unspecified atom stereocenters. The van der Waals surface area contributed by atoms with Gasteiger partial charge >= 0.3 is 11.9 Å². The van der Waals surface area contributed by atoms with E-state index in [0.717, 1.165) is 11.1 Å². The minimum Gasteiger partial charge on any atom is -0.466 e. The average molecular weight is 366 g/mol. The van der Waals surface area contributed by atoms with Crippen molar-refractivity contribution in [2.75, 3.05) is 14.2 Å². The summed E-state index contributed by atoms with van der Waals surface area (Å²) in [5.74, 6) is -1.25. The number of hydrogen-bond donors (Lipinski definition) is 0. The number of benzene rings is 2. The first-order valence-corrected chi connectivity index (χ1v) is 8.61. The number of hydrogen-bond acceptors (Lipinski definition) is 5. The zero-order chi connectivity index (χ0) is 19.7. The van der Waals surface area contributed by atoms with Crippen LogP contribution in [0.5, 0.6) is 0 Å². The summed E-state index contributed by atoms with van der Waals surface area (Å²) in [6, 6.07) is 18.6. The lowest BCUT2D eigenvalue weighted by atomic mass is 9.82. The maximum Gasteiger partial charge on any atom is 0.337 e. The minimum atomic E-state index is -1.18. The summed E-state index contributed by atoms with van der Waals surface area (Å²) < 4.78 is 16.5. The molecule has 0 amide bonds. The van der Waals surface area contributed by atoms with Gasteiger partial charge in [-0.25, -0.2) is 9.59 Å². The van der Waals surface area contributed by atoms with E-state index in [0.29, 0.717) is 0 Å². The lowest BCUT2D eigenvalue weighted by molar-refractivity contribution is -0.141. The molecule has 1 heterocycles. The fourth-order valence-corrected chi connectivity index (χ4v) is 3.70. The van der Waals surface area contributed by atoms with Crippen LogP contribution in [0.15, 0.2) is 71.8 Å². The third-order valence-corrected chi connectivity index (χ3v) is 5.04. The van der Waals surface area contributed by atoms with Crippen molar-refractivity contribution < 1.29 is 23.8 Å². The van der Waals surface area contributed by atoms with Gasteiger partial charge in [0, 0.05) is 0 Å². The van der Waals surface area contributed by atoms with Gasteiger partial charge in [-0.3, -0.25) is 0 Å². The van der Waals surface area contributed by atoms with Crippen LogP contribution in [0.4, 0.5) is 0 Å². The third kappa shape index (κ3) is 2.94. The van der Waals surface area contributed by atoms with E-state index in [4.69, 9.17) is 14.2 Å². The molecule has 1 aliphatic heterocycles. The number of methoxy groups -OCH3 is 2. The van der Waals surface area contributed by atoms with Crippen molar-refractivity contribution in [1.82, 2.24) is 0 Å². The Kier molecular flexibility index (Phi) is 4.89. The molecule has 2 aromatic carbocycles. The number of rotatable bonds is 4. The van der Waals surface area contributed by atoms with Gasteiger partial charge in [-0.1, -0.05) is 60.7 Å². The molecular weight excluding hydrogens is 344 g/mol. The van der Waals surface area contributed by atoms with E-state index in [-0.39, 0.29) is 11.1 Å². The molecule has 0 aliphatic carbocycles. The van der Waals surface area contributed by atoms with Gasteiger partial charge in [0.2, 0.25) is 0 Å². The Balaban J connectivity index is 2.34. The largest absolute Gasteiger partial charge is 0.466 e. The van der Waals surface area contributed by atoms with Gasteiger partial charge in [0.1, 0.15) is 11.2 Å². The average Bonchev–Trinajstić information content (AvgIpc) is 2.97. The van der Waals surface area contributed by atoms with Crippen molar-refractivity contribution in [3.05, 3.63) is 82.9 Å². The second kappa shape index (κ2) is 7.00. The molecule has 5 nitrogen and oxygen atoms in total. The number of carbonyl (C=O) groups excluding carboxylic acids is 2. The van der Waals surface area contributed by atoms with Crippen LogP contribution in [0.3, 0.4) is 0 Å². The molecule has 0 N–H and O–H groups in total. The lowest BCUT2D eigenvalue weighted by Gasteiger charge is -2.33. The topological polar surface area (TPSA) is 61.8 Å². The zero-order valence-electron chi connectivity index (χ0n) is 15.8. The fourth-order valence-electron chi connectivity index (χ4n) is 3.70. The van der Waals surface area contributed by atoms with Crippen molar-refractivity contribution >= 4 is 11.9 Å². The predicted molar refractivity (Wildman–Crippen MR) is 99.7 cm³/mol. The monoisotopic (exact) mass is 366 g/mol. The number of esters is 2. The van der Waals surface area contributed by atoms with Gasteiger partial charge in [-0.05, 0) is 25.0 Å². The van der Waals surface area contributed by atoms with Crippen LogP contribution in [0.2, 0.25) is 0 Å². The summed E-state index contributed by atoms with van der Waals surface area (Å²) in [5, 5.41) is 0. The van der Waals surface area contributed by atoms with E-state index in [1.165, 1.54) is 14.2 Å². The Labute approximate surface area is 158 Å². The lowest BCUT2D eigenvalue weighted by Crippen LogP contribution is -2.33. The molecular formula is C22H22O5. The van der Waals surface area contributed by atoms with Crippen molar-refractivity contribution in [2.45, 2.75) is 25.0 Å². The number of carbonyl (C=O) groups is 2. The van der Waals surface area contributed by atoms with Gasteiger partial charge in [-0.15, -0.1) is 0 Å². The van der Waals surface area contributed by atoms with Crippen molar-refractivity contribution in [1.29, 1.82) is 0 Å². The maximum absolute atomic E-state index is 12.8. The van der Waals surface area contributed by atoms with Crippen LogP contribution in [0.1, 0.15) is 25.0 Å². The first kappa shape index (κ1) is 18.9. The highest BCUT2D eigenvalue weighted by Gasteiger charge is 2.57. The SMILES string of the molecule is COC(=O)C1=C(C(=O)OC)[C@](C)(c2ccccc2)O[C@]1(C)c1ccccc1. The van der Waals surface area contributed by atoms with Gasteiger partial charge in [0.05, 0.1) is 25.4 Å². The first-order chi connectivity index (χ1) is 12.9. The van der Waals surface area contributed by atoms with E-state index in [1.54, 1.807) is 13.8 Å². The molecule has 0 radical (unpaired) electrons. The van der Waals surface area contributed by atoms with Crippen LogP contribution in [-0.4, -0.2) is 26.2 Å². The van der Waals surface area contributed by atoms with Crippen LogP contribution in [0.25, 0.3) is 0 Å². The Morgan fingerprint density at radius 3 is 1.33 bits per heavy atom. The highest BCUT2D eigenvalue weighted by molar-refractivity contribution is 6.04. The molecule has 0 saturated heterocycles. The molecule has 0 bridgehead atoms. The van der Waals surface area contributed by atoms with Gasteiger partial charge < -0.3 is 14.2 Å². The zero-order valence-corrected chi connectivity index (χ0v) is 15.8. The van der Waals surface area contributed by atoms with Crippen molar-refractivity contribution in [3.63, 3.8) is 0 Å². The molecule has 140 valence electrons. The highest BCUT2D eigenvalue weighted by Crippen LogP contribution is 2.53. The molecule has 0 aromatic heterocycles. The van der Waals surface area contributed by atoms with Crippen molar-refractivity contribution in [3.8, 4) is 0 Å². The summed E-state index contributed by atoms with van der Waals surface area (Å²) in [7, 11) is 2.57. The van der Waals surface area contributed by atoms with Crippen LogP contribution >= 0.6 is 0 Å². The first-order valence-electron chi connectivity index (χ1n) is 8.61. The molecule has 3 rings (SSSR count). The molecule has 5 heteroatoms. The summed E-state index contributed by atoms with van der Waals surface area (Å²) in [6.07, 6.45) is 0. The fraction of sp³-hybridized carbons (Fsp3) is 0.273. The normalized spacial score (nSPS) is 24.6. The van der Waals surface area contributed by atoms with Gasteiger partial charge in [0.25, 0.3) is 0 Å². The third-order valence-electron chi connectivity index (χ3n) is 5.04. The highest BCUT2D eigenvalue weighted by atomic mass is 16.6. The van der Waals surface area contributed by atoms with Gasteiger partial charge in [0.15, 0.2) is 0 Å². The Hall–Kier alpha value is -2.92. The standard InChI is InChI=1S/C22H22O5/c1-21(15-11-7-5-8-12-15)17(19(23)25-3)18(20(24)26-4)22(2,27-21)16-13-9-6-10-14-16/h5-14H,1-4H3/t21-,22+. The second-order valence-corrected chi connectivity index (χ2v) is 6.63. The molecule has 1 aliphatic rings. The maximum atomic E-state index is 12.8. The Morgan fingerprint density at radius 2 is 1.04 bits per heavy atom. The molecule has 0 spiro atoms. The molecule has 27 heavy (non-hydrogen) atoms. The summed E-state index contributed by atoms with van der Waals surface area (Å²) in [5.41, 5.74) is -0.577. The smallest absolute Gasteiger partial charge is 0.337 e. The van der Waals surface area contributed by atoms with E-state index in [2.05, 4.69) is 0 Å². The van der Waals surface area contributed by atoms with E-state index >= 15 is 0 Å². The van der Waals surface area contributed by atoms with Crippen molar-refractivity contribution in [2.24, 2.45) is 0 Å². The molecule has 2 aromatic rings. The van der Waals surface area contributed by atoms with Crippen LogP contribution in [0, 0.1) is 0 Å². The molecule has 0 saturated carbocycles. The van der Waals surface area contributed by atoms with Crippen LogP contribution < -0.4 is 0 Å². The second-order valence-electron chi connectivity index (χ2n) is 6.63. The summed E-state index contributed by atoms with van der Waals surface area (Å²) in [4.78, 5) is 25.6. The Bertz CT molecular complexity index is 814. The van der Waals surface area contributed by atoms with E-state index in [9.17, 15) is 9.59 Å². The molecule has 0 fully saturated rings. The molecule has 2 atom stereocenters. The minimum absolute atomic E-state index is 0.148. The van der Waals surface area contributed by atoms with Gasteiger partial charge in [-0.2, -0.15) is 0 Å². The van der Waals surface area contributed by atoms with E-state index in [1.807, 2.05) is 60.7 Å². The summed E-state index contributed by atoms with van der Waals surface area (Å²) >= 11 is 0.